The van der Waals surface area contributed by atoms with Crippen LogP contribution in [0.25, 0.3) is 0 Å². The van der Waals surface area contributed by atoms with Gasteiger partial charge in [0, 0.05) is 39.1 Å². The van der Waals surface area contributed by atoms with E-state index in [2.05, 4.69) is 32.0 Å². The number of carbonyl (C=O) groups is 1. The molecule has 0 atom stereocenters. The van der Waals surface area contributed by atoms with Crippen molar-refractivity contribution in [1.82, 2.24) is 0 Å². The summed E-state index contributed by atoms with van der Waals surface area (Å²) in [6, 6.07) is 6.26. The number of Topliss-reactive ketones (excluding diaryl/α,β-unsaturated/α-hetero) is 1. The highest BCUT2D eigenvalue weighted by Gasteiger charge is 2.40. The summed E-state index contributed by atoms with van der Waals surface area (Å²) in [7, 11) is 0. The molecule has 0 aromatic heterocycles. The molecule has 1 saturated heterocycles. The highest BCUT2D eigenvalue weighted by molar-refractivity contribution is 5.89. The van der Waals surface area contributed by atoms with Crippen LogP contribution in [0.5, 0.6) is 0 Å². The van der Waals surface area contributed by atoms with E-state index in [1.807, 2.05) is 6.92 Å². The lowest BCUT2D eigenvalue weighted by Gasteiger charge is -2.35. The van der Waals surface area contributed by atoms with Crippen LogP contribution in [0.1, 0.15) is 36.5 Å². The van der Waals surface area contributed by atoms with Gasteiger partial charge in [0.15, 0.2) is 5.78 Å². The summed E-state index contributed by atoms with van der Waals surface area (Å²) in [5, 5.41) is 0. The van der Waals surface area contributed by atoms with Gasteiger partial charge in [0.25, 0.3) is 0 Å². The Labute approximate surface area is 121 Å². The van der Waals surface area contributed by atoms with Crippen molar-refractivity contribution in [1.29, 1.82) is 0 Å². The first-order valence-electron chi connectivity index (χ1n) is 7.38. The van der Waals surface area contributed by atoms with Crippen LogP contribution < -0.4 is 0 Å². The van der Waals surface area contributed by atoms with Gasteiger partial charge >= 0.3 is 0 Å². The first-order valence-corrected chi connectivity index (χ1v) is 7.38. The van der Waals surface area contributed by atoms with E-state index in [0.29, 0.717) is 39.1 Å². The van der Waals surface area contributed by atoms with E-state index in [1.54, 1.807) is 0 Å². The Kier molecular flexibility index (Phi) is 4.95. The standard InChI is InChI=1S/C17H24O3/c1-4-20-17(7-9-19-10-8-17)16(18)12-15-11-13(2)5-6-14(15)3/h5-6,11H,4,7-10,12H2,1-3H3. The number of hydrogen-bond donors (Lipinski definition) is 0. The Bertz CT molecular complexity index is 468. The fraction of sp³-hybridized carbons (Fsp3) is 0.588. The smallest absolute Gasteiger partial charge is 0.169 e. The van der Waals surface area contributed by atoms with Crippen molar-refractivity contribution in [3.63, 3.8) is 0 Å². The zero-order valence-electron chi connectivity index (χ0n) is 12.7. The van der Waals surface area contributed by atoms with Gasteiger partial charge in [-0.25, -0.2) is 0 Å². The van der Waals surface area contributed by atoms with Crippen molar-refractivity contribution in [3.05, 3.63) is 34.9 Å². The summed E-state index contributed by atoms with van der Waals surface area (Å²) < 4.78 is 11.2. The molecule has 0 N–H and O–H groups in total. The van der Waals surface area contributed by atoms with Gasteiger partial charge in [0.2, 0.25) is 0 Å². The molecule has 1 aliphatic rings. The Balaban J connectivity index is 2.18. The average Bonchev–Trinajstić information content (AvgIpc) is 2.44. The molecule has 0 unspecified atom stereocenters. The molecule has 0 aliphatic carbocycles. The van der Waals surface area contributed by atoms with Crippen LogP contribution in [0.15, 0.2) is 18.2 Å². The molecule has 0 radical (unpaired) electrons. The summed E-state index contributed by atoms with van der Waals surface area (Å²) in [4.78, 5) is 12.8. The Morgan fingerprint density at radius 3 is 2.65 bits per heavy atom. The molecule has 20 heavy (non-hydrogen) atoms. The topological polar surface area (TPSA) is 35.5 Å². The number of rotatable bonds is 5. The fourth-order valence-corrected chi connectivity index (χ4v) is 2.81. The third-order valence-corrected chi connectivity index (χ3v) is 4.08. The van der Waals surface area contributed by atoms with E-state index >= 15 is 0 Å². The van der Waals surface area contributed by atoms with Crippen LogP contribution in [-0.4, -0.2) is 31.2 Å². The molecule has 1 fully saturated rings. The Hall–Kier alpha value is -1.19. The Morgan fingerprint density at radius 2 is 2.00 bits per heavy atom. The van der Waals surface area contributed by atoms with Gasteiger partial charge in [0.1, 0.15) is 5.60 Å². The van der Waals surface area contributed by atoms with Gasteiger partial charge < -0.3 is 9.47 Å². The van der Waals surface area contributed by atoms with Crippen LogP contribution in [0.2, 0.25) is 0 Å². The predicted octanol–water partition coefficient (Wildman–Crippen LogP) is 3.00. The van der Waals surface area contributed by atoms with E-state index in [9.17, 15) is 4.79 Å². The summed E-state index contributed by atoms with van der Waals surface area (Å²) in [6.45, 7) is 7.84. The van der Waals surface area contributed by atoms with E-state index in [4.69, 9.17) is 9.47 Å². The molecule has 0 amide bonds. The molecule has 1 aliphatic heterocycles. The minimum Gasteiger partial charge on any atom is -0.381 e. The second-order valence-electron chi connectivity index (χ2n) is 5.57. The van der Waals surface area contributed by atoms with Gasteiger partial charge in [0.05, 0.1) is 0 Å². The largest absolute Gasteiger partial charge is 0.381 e. The van der Waals surface area contributed by atoms with Crippen LogP contribution >= 0.6 is 0 Å². The van der Waals surface area contributed by atoms with Crippen molar-refractivity contribution in [2.75, 3.05) is 19.8 Å². The maximum Gasteiger partial charge on any atom is 0.169 e. The second-order valence-corrected chi connectivity index (χ2v) is 5.57. The molecule has 2 rings (SSSR count). The summed E-state index contributed by atoms with van der Waals surface area (Å²) in [5.41, 5.74) is 2.84. The second kappa shape index (κ2) is 6.51. The lowest BCUT2D eigenvalue weighted by Crippen LogP contribution is -2.47. The van der Waals surface area contributed by atoms with Gasteiger partial charge in [-0.3, -0.25) is 4.79 Å². The molecule has 1 aromatic rings. The van der Waals surface area contributed by atoms with E-state index in [0.717, 1.165) is 5.56 Å². The van der Waals surface area contributed by atoms with Crippen LogP contribution in [0.3, 0.4) is 0 Å². The lowest BCUT2D eigenvalue weighted by atomic mass is 9.85. The highest BCUT2D eigenvalue weighted by Crippen LogP contribution is 2.28. The molecule has 0 bridgehead atoms. The minimum absolute atomic E-state index is 0.191. The molecule has 110 valence electrons. The molecule has 0 spiro atoms. The van der Waals surface area contributed by atoms with Gasteiger partial charge in [-0.1, -0.05) is 23.8 Å². The average molecular weight is 276 g/mol. The predicted molar refractivity (Wildman–Crippen MR) is 79.0 cm³/mol. The summed E-state index contributed by atoms with van der Waals surface area (Å²) >= 11 is 0. The summed E-state index contributed by atoms with van der Waals surface area (Å²) in [5.74, 6) is 0.191. The molecule has 3 nitrogen and oxygen atoms in total. The maximum atomic E-state index is 12.8. The quantitative estimate of drug-likeness (QED) is 0.829. The van der Waals surface area contributed by atoms with Crippen molar-refractivity contribution in [3.8, 4) is 0 Å². The molecular weight excluding hydrogens is 252 g/mol. The van der Waals surface area contributed by atoms with Crippen LogP contribution in [0.4, 0.5) is 0 Å². The molecule has 1 heterocycles. The summed E-state index contributed by atoms with van der Waals surface area (Å²) in [6.07, 6.45) is 1.79. The number of benzene rings is 1. The molecule has 0 saturated carbocycles. The third kappa shape index (κ3) is 3.28. The number of ketones is 1. The van der Waals surface area contributed by atoms with Crippen molar-refractivity contribution >= 4 is 5.78 Å². The monoisotopic (exact) mass is 276 g/mol. The molecular formula is C17H24O3. The third-order valence-electron chi connectivity index (χ3n) is 4.08. The fourth-order valence-electron chi connectivity index (χ4n) is 2.81. The highest BCUT2D eigenvalue weighted by atomic mass is 16.5. The Morgan fingerprint density at radius 1 is 1.30 bits per heavy atom. The number of aryl methyl sites for hydroxylation is 2. The van der Waals surface area contributed by atoms with Gasteiger partial charge in [-0.15, -0.1) is 0 Å². The first-order chi connectivity index (χ1) is 9.57. The number of ether oxygens (including phenoxy) is 2. The molecule has 1 aromatic carbocycles. The number of carbonyl (C=O) groups excluding carboxylic acids is 1. The van der Waals surface area contributed by atoms with Gasteiger partial charge in [-0.05, 0) is 31.9 Å². The molecule has 3 heteroatoms. The van der Waals surface area contributed by atoms with E-state index < -0.39 is 5.60 Å². The van der Waals surface area contributed by atoms with Crippen molar-refractivity contribution in [2.24, 2.45) is 0 Å². The first kappa shape index (κ1) is 15.2. The van der Waals surface area contributed by atoms with E-state index in [-0.39, 0.29) is 5.78 Å². The van der Waals surface area contributed by atoms with Crippen molar-refractivity contribution < 1.29 is 14.3 Å². The lowest BCUT2D eigenvalue weighted by molar-refractivity contribution is -0.156. The van der Waals surface area contributed by atoms with Gasteiger partial charge in [-0.2, -0.15) is 0 Å². The SMILES string of the molecule is CCOC1(C(=O)Cc2cc(C)ccc2C)CCOCC1. The van der Waals surface area contributed by atoms with E-state index in [1.165, 1.54) is 11.1 Å². The van der Waals surface area contributed by atoms with Crippen LogP contribution in [-0.2, 0) is 20.7 Å². The maximum absolute atomic E-state index is 12.8. The minimum atomic E-state index is -0.636. The zero-order valence-corrected chi connectivity index (χ0v) is 12.7. The van der Waals surface area contributed by atoms with Crippen LogP contribution in [0, 0.1) is 13.8 Å². The van der Waals surface area contributed by atoms with Crippen molar-refractivity contribution in [2.45, 2.75) is 45.6 Å². The normalized spacial score (nSPS) is 17.9. The zero-order chi connectivity index (χ0) is 14.6. The number of hydrogen-bond acceptors (Lipinski definition) is 3.